The number of benzene rings is 2. The molecule has 114 valence electrons. The number of amides is 1. The number of carbonyl (C=O) groups excluding carboxylic acids is 1. The van der Waals surface area contributed by atoms with E-state index in [-0.39, 0.29) is 17.2 Å². The van der Waals surface area contributed by atoms with Crippen LogP contribution in [0.4, 0.5) is 5.69 Å². The van der Waals surface area contributed by atoms with Gasteiger partial charge in [-0.3, -0.25) is 4.79 Å². The number of hydrogen-bond donors (Lipinski definition) is 2. The number of aryl methyl sites for hydroxylation is 1. The quantitative estimate of drug-likeness (QED) is 0.855. The fourth-order valence-corrected chi connectivity index (χ4v) is 2.80. The lowest BCUT2D eigenvalue weighted by molar-refractivity contribution is -0.113. The van der Waals surface area contributed by atoms with Gasteiger partial charge < -0.3 is 10.4 Å². The molecule has 0 spiro atoms. The Morgan fingerprint density at radius 2 is 1.91 bits per heavy atom. The second-order valence-electron chi connectivity index (χ2n) is 4.88. The molecule has 0 fully saturated rings. The largest absolute Gasteiger partial charge is 0.478 e. The molecule has 0 aromatic heterocycles. The van der Waals surface area contributed by atoms with Gasteiger partial charge in [0.15, 0.2) is 0 Å². The molecular weight excluding hydrogens is 298 g/mol. The minimum absolute atomic E-state index is 0.0968. The summed E-state index contributed by atoms with van der Waals surface area (Å²) in [6.45, 7) is 2.03. The SMILES string of the molecule is Cc1cccc(CSCC(=O)Nc2ccccc2C(=O)O)c1. The first-order valence-electron chi connectivity index (χ1n) is 6.82. The summed E-state index contributed by atoms with van der Waals surface area (Å²) in [5.41, 5.74) is 2.79. The Kier molecular flexibility index (Phi) is 5.61. The maximum atomic E-state index is 11.9. The van der Waals surface area contributed by atoms with Crippen LogP contribution in [0.2, 0.25) is 0 Å². The van der Waals surface area contributed by atoms with E-state index in [1.165, 1.54) is 29.0 Å². The number of anilines is 1. The first-order valence-corrected chi connectivity index (χ1v) is 7.97. The predicted octanol–water partition coefficient (Wildman–Crippen LogP) is 3.57. The van der Waals surface area contributed by atoms with E-state index in [2.05, 4.69) is 11.4 Å². The third kappa shape index (κ3) is 4.63. The number of nitrogens with one attached hydrogen (secondary N) is 1. The number of carbonyl (C=O) groups is 2. The Morgan fingerprint density at radius 3 is 2.64 bits per heavy atom. The maximum absolute atomic E-state index is 11.9. The lowest BCUT2D eigenvalue weighted by Gasteiger charge is -2.08. The van der Waals surface area contributed by atoms with Crippen LogP contribution < -0.4 is 5.32 Å². The van der Waals surface area contributed by atoms with Crippen molar-refractivity contribution in [2.24, 2.45) is 0 Å². The molecule has 0 aliphatic heterocycles. The van der Waals surface area contributed by atoms with Crippen LogP contribution in [-0.4, -0.2) is 22.7 Å². The minimum Gasteiger partial charge on any atom is -0.478 e. The van der Waals surface area contributed by atoms with Gasteiger partial charge in [0.2, 0.25) is 5.91 Å². The maximum Gasteiger partial charge on any atom is 0.337 e. The number of carboxylic acids is 1. The Balaban J connectivity index is 1.87. The van der Waals surface area contributed by atoms with Crippen molar-refractivity contribution in [2.45, 2.75) is 12.7 Å². The lowest BCUT2D eigenvalue weighted by atomic mass is 10.2. The van der Waals surface area contributed by atoms with Crippen LogP contribution in [0.3, 0.4) is 0 Å². The number of para-hydroxylation sites is 1. The molecular formula is C17H17NO3S. The van der Waals surface area contributed by atoms with Crippen LogP contribution in [0.25, 0.3) is 0 Å². The number of hydrogen-bond acceptors (Lipinski definition) is 3. The zero-order valence-electron chi connectivity index (χ0n) is 12.2. The minimum atomic E-state index is -1.05. The van der Waals surface area contributed by atoms with Crippen molar-refractivity contribution >= 4 is 29.3 Å². The van der Waals surface area contributed by atoms with E-state index >= 15 is 0 Å². The molecule has 2 aromatic rings. The van der Waals surface area contributed by atoms with E-state index in [0.717, 1.165) is 5.75 Å². The fourth-order valence-electron chi connectivity index (χ4n) is 2.03. The molecule has 0 bridgehead atoms. The average molecular weight is 315 g/mol. The topological polar surface area (TPSA) is 66.4 Å². The van der Waals surface area contributed by atoms with E-state index in [4.69, 9.17) is 5.11 Å². The average Bonchev–Trinajstić information content (AvgIpc) is 2.47. The fraction of sp³-hybridized carbons (Fsp3) is 0.176. The summed E-state index contributed by atoms with van der Waals surface area (Å²) in [4.78, 5) is 23.0. The molecule has 0 atom stereocenters. The monoisotopic (exact) mass is 315 g/mol. The van der Waals surface area contributed by atoms with Crippen molar-refractivity contribution in [3.63, 3.8) is 0 Å². The van der Waals surface area contributed by atoms with Crippen molar-refractivity contribution in [3.8, 4) is 0 Å². The number of thioether (sulfide) groups is 1. The highest BCUT2D eigenvalue weighted by Crippen LogP contribution is 2.17. The smallest absolute Gasteiger partial charge is 0.337 e. The summed E-state index contributed by atoms with van der Waals surface area (Å²) < 4.78 is 0. The van der Waals surface area contributed by atoms with Gasteiger partial charge in [0.05, 0.1) is 17.0 Å². The highest BCUT2D eigenvalue weighted by atomic mass is 32.2. The first-order chi connectivity index (χ1) is 10.6. The molecule has 0 aliphatic carbocycles. The molecule has 0 heterocycles. The molecule has 5 heteroatoms. The summed E-state index contributed by atoms with van der Waals surface area (Å²) in [5, 5.41) is 11.7. The normalized spacial score (nSPS) is 10.2. The molecule has 0 aliphatic rings. The standard InChI is InChI=1S/C17H17NO3S/c1-12-5-4-6-13(9-12)10-22-11-16(19)18-15-8-3-2-7-14(15)17(20)21/h2-9H,10-11H2,1H3,(H,18,19)(H,20,21). The van der Waals surface area contributed by atoms with Gasteiger partial charge >= 0.3 is 5.97 Å². The van der Waals surface area contributed by atoms with Gasteiger partial charge in [0.25, 0.3) is 0 Å². The van der Waals surface area contributed by atoms with Crippen LogP contribution in [0.15, 0.2) is 48.5 Å². The van der Waals surface area contributed by atoms with E-state index in [1.54, 1.807) is 18.2 Å². The Hall–Kier alpha value is -2.27. The third-order valence-electron chi connectivity index (χ3n) is 3.02. The Bertz CT molecular complexity index is 685. The summed E-state index contributed by atoms with van der Waals surface area (Å²) >= 11 is 1.50. The number of rotatable bonds is 6. The highest BCUT2D eigenvalue weighted by Gasteiger charge is 2.11. The van der Waals surface area contributed by atoms with Crippen LogP contribution in [0.5, 0.6) is 0 Å². The molecule has 0 unspecified atom stereocenters. The van der Waals surface area contributed by atoms with Crippen molar-refractivity contribution in [1.82, 2.24) is 0 Å². The summed E-state index contributed by atoms with van der Waals surface area (Å²) in [6, 6.07) is 14.5. The van der Waals surface area contributed by atoms with Crippen molar-refractivity contribution < 1.29 is 14.7 Å². The zero-order chi connectivity index (χ0) is 15.9. The van der Waals surface area contributed by atoms with Crippen molar-refractivity contribution in [3.05, 3.63) is 65.2 Å². The second-order valence-corrected chi connectivity index (χ2v) is 5.87. The summed E-state index contributed by atoms with van der Waals surface area (Å²) in [7, 11) is 0. The van der Waals surface area contributed by atoms with Gasteiger partial charge in [-0.15, -0.1) is 11.8 Å². The van der Waals surface area contributed by atoms with Gasteiger partial charge in [-0.05, 0) is 24.6 Å². The van der Waals surface area contributed by atoms with Crippen LogP contribution in [-0.2, 0) is 10.5 Å². The molecule has 4 nitrogen and oxygen atoms in total. The predicted molar refractivity (Wildman–Crippen MR) is 89.4 cm³/mol. The lowest BCUT2D eigenvalue weighted by Crippen LogP contribution is -2.16. The molecule has 0 saturated heterocycles. The molecule has 2 rings (SSSR count). The van der Waals surface area contributed by atoms with Gasteiger partial charge in [0, 0.05) is 5.75 Å². The number of aromatic carboxylic acids is 1. The van der Waals surface area contributed by atoms with Crippen LogP contribution >= 0.6 is 11.8 Å². The zero-order valence-corrected chi connectivity index (χ0v) is 13.0. The second kappa shape index (κ2) is 7.66. The molecule has 2 N–H and O–H groups in total. The van der Waals surface area contributed by atoms with E-state index in [1.807, 2.05) is 25.1 Å². The third-order valence-corrected chi connectivity index (χ3v) is 4.02. The van der Waals surface area contributed by atoms with Gasteiger partial charge in [-0.25, -0.2) is 4.79 Å². The van der Waals surface area contributed by atoms with Crippen LogP contribution in [0, 0.1) is 6.92 Å². The summed E-state index contributed by atoms with van der Waals surface area (Å²) in [6.07, 6.45) is 0. The van der Waals surface area contributed by atoms with Crippen molar-refractivity contribution in [2.75, 3.05) is 11.1 Å². The van der Waals surface area contributed by atoms with Gasteiger partial charge in [-0.2, -0.15) is 0 Å². The van der Waals surface area contributed by atoms with Crippen LogP contribution in [0.1, 0.15) is 21.5 Å². The van der Waals surface area contributed by atoms with Gasteiger partial charge in [-0.1, -0.05) is 42.0 Å². The Labute approximate surface area is 133 Å². The molecule has 0 radical (unpaired) electrons. The Morgan fingerprint density at radius 1 is 1.14 bits per heavy atom. The summed E-state index contributed by atoms with van der Waals surface area (Å²) in [5.74, 6) is -0.230. The van der Waals surface area contributed by atoms with E-state index < -0.39 is 5.97 Å². The highest BCUT2D eigenvalue weighted by molar-refractivity contribution is 7.99. The van der Waals surface area contributed by atoms with E-state index in [9.17, 15) is 9.59 Å². The van der Waals surface area contributed by atoms with Gasteiger partial charge in [0.1, 0.15) is 0 Å². The molecule has 0 saturated carbocycles. The molecule has 1 amide bonds. The first kappa shape index (κ1) is 16.1. The molecule has 22 heavy (non-hydrogen) atoms. The number of carboxylic acid groups (broad SMARTS) is 1. The van der Waals surface area contributed by atoms with E-state index in [0.29, 0.717) is 5.69 Å². The molecule has 2 aromatic carbocycles. The van der Waals surface area contributed by atoms with Crippen molar-refractivity contribution in [1.29, 1.82) is 0 Å².